The van der Waals surface area contributed by atoms with Crippen molar-refractivity contribution in [1.29, 1.82) is 0 Å². The van der Waals surface area contributed by atoms with Gasteiger partial charge in [0.15, 0.2) is 5.75 Å². The minimum atomic E-state index is -3.69. The Morgan fingerprint density at radius 2 is 2.00 bits per heavy atom. The van der Waals surface area contributed by atoms with Crippen molar-refractivity contribution >= 4 is 16.0 Å². The van der Waals surface area contributed by atoms with Crippen LogP contribution in [0, 0.1) is 11.8 Å². The van der Waals surface area contributed by atoms with Crippen molar-refractivity contribution in [2.24, 2.45) is 5.73 Å². The molecular weight excluding hydrogens is 292 g/mol. The van der Waals surface area contributed by atoms with Crippen molar-refractivity contribution in [2.45, 2.75) is 13.5 Å². The predicted octanol–water partition coefficient (Wildman–Crippen LogP) is -0.0207. The fourth-order valence-corrected chi connectivity index (χ4v) is 2.34. The lowest BCUT2D eigenvalue weighted by Gasteiger charge is -2.06. The first-order chi connectivity index (χ1) is 9.96. The Morgan fingerprint density at radius 3 is 2.57 bits per heavy atom. The van der Waals surface area contributed by atoms with E-state index in [-0.39, 0.29) is 19.7 Å². The summed E-state index contributed by atoms with van der Waals surface area (Å²) in [6, 6.07) is 7.07. The van der Waals surface area contributed by atoms with Crippen LogP contribution in [0.1, 0.15) is 18.1 Å². The molecule has 0 fully saturated rings. The van der Waals surface area contributed by atoms with E-state index in [1.54, 1.807) is 31.2 Å². The minimum absolute atomic E-state index is 0.104. The zero-order chi connectivity index (χ0) is 15.7. The highest BCUT2D eigenvalue weighted by Crippen LogP contribution is 2.04. The SMILES string of the molecule is CCOC(=O)CS(=O)(=O)NCc1ccc(C#CCN)cc1. The Bertz CT molecular complexity index is 627. The largest absolute Gasteiger partial charge is 0.465 e. The van der Waals surface area contributed by atoms with Crippen LogP contribution in [-0.4, -0.2) is 33.3 Å². The van der Waals surface area contributed by atoms with Gasteiger partial charge in [-0.2, -0.15) is 0 Å². The Morgan fingerprint density at radius 1 is 1.33 bits per heavy atom. The second kappa shape index (κ2) is 8.42. The van der Waals surface area contributed by atoms with E-state index in [9.17, 15) is 13.2 Å². The fourth-order valence-electron chi connectivity index (χ4n) is 1.46. The van der Waals surface area contributed by atoms with Crippen LogP contribution in [-0.2, 0) is 26.1 Å². The Kier molecular flexibility index (Phi) is 6.88. The van der Waals surface area contributed by atoms with Gasteiger partial charge in [-0.25, -0.2) is 13.1 Å². The molecule has 0 amide bonds. The number of benzene rings is 1. The first-order valence-electron chi connectivity index (χ1n) is 6.37. The van der Waals surface area contributed by atoms with E-state index in [4.69, 9.17) is 5.73 Å². The minimum Gasteiger partial charge on any atom is -0.465 e. The second-order valence-corrected chi connectivity index (χ2v) is 5.89. The summed E-state index contributed by atoms with van der Waals surface area (Å²) < 4.78 is 30.2. The summed E-state index contributed by atoms with van der Waals surface area (Å²) in [7, 11) is -3.69. The average molecular weight is 310 g/mol. The van der Waals surface area contributed by atoms with E-state index in [2.05, 4.69) is 21.3 Å². The van der Waals surface area contributed by atoms with E-state index in [1.807, 2.05) is 0 Å². The third-order valence-corrected chi connectivity index (χ3v) is 3.60. The molecule has 7 heteroatoms. The summed E-state index contributed by atoms with van der Waals surface area (Å²) in [6.45, 7) is 2.16. The van der Waals surface area contributed by atoms with Gasteiger partial charge in [0.25, 0.3) is 0 Å². The summed E-state index contributed by atoms with van der Waals surface area (Å²) in [5.74, 6) is 4.15. The molecule has 1 rings (SSSR count). The summed E-state index contributed by atoms with van der Waals surface area (Å²) in [5.41, 5.74) is 6.84. The molecule has 0 bridgehead atoms. The van der Waals surface area contributed by atoms with Gasteiger partial charge in [-0.3, -0.25) is 4.79 Å². The van der Waals surface area contributed by atoms with Gasteiger partial charge in [-0.15, -0.1) is 0 Å². The highest BCUT2D eigenvalue weighted by molar-refractivity contribution is 7.90. The number of rotatable bonds is 6. The first-order valence-corrected chi connectivity index (χ1v) is 8.03. The molecule has 114 valence electrons. The van der Waals surface area contributed by atoms with E-state index >= 15 is 0 Å². The lowest BCUT2D eigenvalue weighted by Crippen LogP contribution is -2.30. The van der Waals surface area contributed by atoms with Crippen molar-refractivity contribution in [1.82, 2.24) is 4.72 Å². The van der Waals surface area contributed by atoms with Gasteiger partial charge in [-0.1, -0.05) is 24.0 Å². The number of hydrogen-bond acceptors (Lipinski definition) is 5. The van der Waals surface area contributed by atoms with Crippen LogP contribution >= 0.6 is 0 Å². The maximum absolute atomic E-state index is 11.6. The van der Waals surface area contributed by atoms with Gasteiger partial charge < -0.3 is 10.5 Å². The fraction of sp³-hybridized carbons (Fsp3) is 0.357. The van der Waals surface area contributed by atoms with Gasteiger partial charge >= 0.3 is 5.97 Å². The third kappa shape index (κ3) is 6.90. The molecule has 21 heavy (non-hydrogen) atoms. The molecule has 0 aliphatic rings. The van der Waals surface area contributed by atoms with E-state index in [0.717, 1.165) is 11.1 Å². The molecule has 1 aromatic carbocycles. The number of hydrogen-bond donors (Lipinski definition) is 2. The van der Waals surface area contributed by atoms with Gasteiger partial charge in [0.1, 0.15) is 0 Å². The molecule has 0 heterocycles. The summed E-state index contributed by atoms with van der Waals surface area (Å²) in [6.07, 6.45) is 0. The molecule has 0 saturated carbocycles. The van der Waals surface area contributed by atoms with Crippen LogP contribution in [0.25, 0.3) is 0 Å². The molecular formula is C14H18N2O4S. The highest BCUT2D eigenvalue weighted by Gasteiger charge is 2.16. The molecule has 0 unspecified atom stereocenters. The van der Waals surface area contributed by atoms with Crippen LogP contribution in [0.4, 0.5) is 0 Å². The predicted molar refractivity (Wildman–Crippen MR) is 79.6 cm³/mol. The third-order valence-electron chi connectivity index (χ3n) is 2.40. The molecule has 0 atom stereocenters. The molecule has 0 radical (unpaired) electrons. The van der Waals surface area contributed by atoms with Crippen LogP contribution in [0.5, 0.6) is 0 Å². The van der Waals surface area contributed by atoms with Gasteiger partial charge in [0, 0.05) is 12.1 Å². The van der Waals surface area contributed by atoms with Gasteiger partial charge in [-0.05, 0) is 24.6 Å². The monoisotopic (exact) mass is 310 g/mol. The van der Waals surface area contributed by atoms with Crippen LogP contribution in [0.3, 0.4) is 0 Å². The summed E-state index contributed by atoms with van der Waals surface area (Å²) in [4.78, 5) is 11.1. The van der Waals surface area contributed by atoms with Crippen molar-refractivity contribution < 1.29 is 17.9 Å². The molecule has 0 saturated heterocycles. The summed E-state index contributed by atoms with van der Waals surface area (Å²) >= 11 is 0. The van der Waals surface area contributed by atoms with Crippen molar-refractivity contribution in [3.8, 4) is 11.8 Å². The Hall–Kier alpha value is -1.88. The molecule has 0 spiro atoms. The number of carbonyl (C=O) groups is 1. The molecule has 0 aliphatic carbocycles. The van der Waals surface area contributed by atoms with E-state index in [1.165, 1.54) is 0 Å². The summed E-state index contributed by atoms with van der Waals surface area (Å²) in [5, 5.41) is 0. The average Bonchev–Trinajstić information content (AvgIpc) is 2.44. The quantitative estimate of drug-likeness (QED) is 0.568. The van der Waals surface area contributed by atoms with E-state index in [0.29, 0.717) is 0 Å². The topological polar surface area (TPSA) is 98.5 Å². The van der Waals surface area contributed by atoms with E-state index < -0.39 is 21.7 Å². The standard InChI is InChI=1S/C14H18N2O4S/c1-2-20-14(17)11-21(18,19)16-10-13-7-5-12(6-8-13)4-3-9-15/h5-8,16H,2,9-11,15H2,1H3. The molecule has 0 aromatic heterocycles. The highest BCUT2D eigenvalue weighted by atomic mass is 32.2. The second-order valence-electron chi connectivity index (χ2n) is 4.09. The maximum Gasteiger partial charge on any atom is 0.322 e. The number of sulfonamides is 1. The smallest absolute Gasteiger partial charge is 0.322 e. The molecule has 0 aliphatic heterocycles. The van der Waals surface area contributed by atoms with Crippen molar-refractivity contribution in [3.63, 3.8) is 0 Å². The lowest BCUT2D eigenvalue weighted by molar-refractivity contribution is -0.139. The van der Waals surface area contributed by atoms with Gasteiger partial charge in [0.05, 0.1) is 13.2 Å². The normalized spacial score (nSPS) is 10.6. The Balaban J connectivity index is 2.56. The van der Waals surface area contributed by atoms with Crippen LogP contribution < -0.4 is 10.5 Å². The van der Waals surface area contributed by atoms with Crippen LogP contribution in [0.2, 0.25) is 0 Å². The molecule has 6 nitrogen and oxygen atoms in total. The molecule has 3 N–H and O–H groups in total. The molecule has 1 aromatic rings. The number of nitrogens with one attached hydrogen (secondary N) is 1. The number of esters is 1. The first kappa shape index (κ1) is 17.2. The van der Waals surface area contributed by atoms with Crippen molar-refractivity contribution in [3.05, 3.63) is 35.4 Å². The van der Waals surface area contributed by atoms with Gasteiger partial charge in [0.2, 0.25) is 10.0 Å². The number of carbonyl (C=O) groups excluding carboxylic acids is 1. The maximum atomic E-state index is 11.6. The zero-order valence-electron chi connectivity index (χ0n) is 11.8. The van der Waals surface area contributed by atoms with Crippen LogP contribution in [0.15, 0.2) is 24.3 Å². The number of nitrogens with two attached hydrogens (primary N) is 1. The number of ether oxygens (including phenoxy) is 1. The zero-order valence-corrected chi connectivity index (χ0v) is 12.6. The Labute approximate surface area is 124 Å². The van der Waals surface area contributed by atoms with Crippen molar-refractivity contribution in [2.75, 3.05) is 18.9 Å². The lowest BCUT2D eigenvalue weighted by atomic mass is 10.1.